The van der Waals surface area contributed by atoms with Gasteiger partial charge in [0.1, 0.15) is 0 Å². The summed E-state index contributed by atoms with van der Waals surface area (Å²) in [4.78, 5) is 7.86. The SMILES string of the molecule is CCN1CCC(CN2CCN(C3CCN(S(=O)(=O)C(C)C)CC3)CC2)CC1. The Balaban J connectivity index is 1.38. The van der Waals surface area contributed by atoms with Gasteiger partial charge >= 0.3 is 0 Å². The van der Waals surface area contributed by atoms with Crippen molar-refractivity contribution >= 4 is 10.0 Å². The van der Waals surface area contributed by atoms with Crippen molar-refractivity contribution in [1.82, 2.24) is 19.0 Å². The van der Waals surface area contributed by atoms with Crippen LogP contribution in [0, 0.1) is 5.92 Å². The van der Waals surface area contributed by atoms with Crippen LogP contribution >= 0.6 is 0 Å². The van der Waals surface area contributed by atoms with Crippen molar-refractivity contribution in [3.8, 4) is 0 Å². The zero-order valence-electron chi connectivity index (χ0n) is 17.6. The van der Waals surface area contributed by atoms with Crippen LogP contribution in [0.3, 0.4) is 0 Å². The first-order valence-electron chi connectivity index (χ1n) is 11.1. The van der Waals surface area contributed by atoms with E-state index in [9.17, 15) is 8.42 Å². The second kappa shape index (κ2) is 9.53. The van der Waals surface area contributed by atoms with E-state index in [-0.39, 0.29) is 5.25 Å². The van der Waals surface area contributed by atoms with E-state index in [1.807, 2.05) is 0 Å². The number of sulfonamides is 1. The molecule has 0 amide bonds. The fraction of sp³-hybridized carbons (Fsp3) is 1.00. The van der Waals surface area contributed by atoms with E-state index < -0.39 is 10.0 Å². The van der Waals surface area contributed by atoms with E-state index in [0.29, 0.717) is 19.1 Å². The van der Waals surface area contributed by atoms with E-state index in [1.54, 1.807) is 18.2 Å². The Kier molecular flexibility index (Phi) is 7.58. The van der Waals surface area contributed by atoms with Gasteiger partial charge in [0.25, 0.3) is 0 Å². The molecule has 0 unspecified atom stereocenters. The molecule has 3 aliphatic heterocycles. The summed E-state index contributed by atoms with van der Waals surface area (Å²) >= 11 is 0. The van der Waals surface area contributed by atoms with Gasteiger partial charge in [-0.05, 0) is 65.1 Å². The molecule has 0 radical (unpaired) electrons. The molecule has 158 valence electrons. The topological polar surface area (TPSA) is 47.1 Å². The Labute approximate surface area is 166 Å². The third-order valence-electron chi connectivity index (χ3n) is 6.97. The average molecular weight is 401 g/mol. The first-order valence-corrected chi connectivity index (χ1v) is 12.6. The molecule has 0 saturated carbocycles. The van der Waals surface area contributed by atoms with Gasteiger partial charge in [0.05, 0.1) is 5.25 Å². The first kappa shape index (κ1) is 21.5. The number of piperidine rings is 2. The first-order chi connectivity index (χ1) is 12.9. The van der Waals surface area contributed by atoms with Gasteiger partial charge < -0.3 is 9.80 Å². The standard InChI is InChI=1S/C20H40N4O2S/c1-4-21-9-5-19(6-10-21)17-22-13-15-23(16-14-22)20-7-11-24(12-8-20)27(25,26)18(2)3/h18-20H,4-17H2,1-3H3. The van der Waals surface area contributed by atoms with Crippen LogP contribution in [0.1, 0.15) is 46.5 Å². The van der Waals surface area contributed by atoms with Crippen LogP contribution < -0.4 is 0 Å². The third kappa shape index (κ3) is 5.44. The lowest BCUT2D eigenvalue weighted by molar-refractivity contribution is 0.0574. The Morgan fingerprint density at radius 1 is 0.815 bits per heavy atom. The van der Waals surface area contributed by atoms with Gasteiger partial charge in [-0.25, -0.2) is 12.7 Å². The van der Waals surface area contributed by atoms with Gasteiger partial charge in [0.15, 0.2) is 0 Å². The summed E-state index contributed by atoms with van der Waals surface area (Å²) in [5.41, 5.74) is 0. The van der Waals surface area contributed by atoms with Crippen molar-refractivity contribution in [3.05, 3.63) is 0 Å². The van der Waals surface area contributed by atoms with Gasteiger partial charge in [-0.2, -0.15) is 0 Å². The third-order valence-corrected chi connectivity index (χ3v) is 9.25. The Hall–Kier alpha value is -0.210. The molecule has 0 atom stereocenters. The molecule has 0 N–H and O–H groups in total. The van der Waals surface area contributed by atoms with Gasteiger partial charge in [-0.1, -0.05) is 6.92 Å². The number of hydrogen-bond acceptors (Lipinski definition) is 5. The second-order valence-electron chi connectivity index (χ2n) is 8.94. The molecule has 3 fully saturated rings. The van der Waals surface area contributed by atoms with Crippen LogP contribution in [0.2, 0.25) is 0 Å². The van der Waals surface area contributed by atoms with Crippen molar-refractivity contribution < 1.29 is 8.42 Å². The van der Waals surface area contributed by atoms with Crippen LogP contribution in [-0.2, 0) is 10.0 Å². The molecule has 0 bridgehead atoms. The largest absolute Gasteiger partial charge is 0.304 e. The molecule has 0 aromatic rings. The van der Waals surface area contributed by atoms with Crippen LogP contribution in [0.15, 0.2) is 0 Å². The van der Waals surface area contributed by atoms with Crippen LogP contribution in [-0.4, -0.2) is 104 Å². The monoisotopic (exact) mass is 400 g/mol. The summed E-state index contributed by atoms with van der Waals surface area (Å²) in [7, 11) is -3.08. The smallest absolute Gasteiger partial charge is 0.216 e. The van der Waals surface area contributed by atoms with Crippen LogP contribution in [0.5, 0.6) is 0 Å². The molecule has 0 aliphatic carbocycles. The number of hydrogen-bond donors (Lipinski definition) is 0. The molecule has 6 nitrogen and oxygen atoms in total. The highest BCUT2D eigenvalue weighted by atomic mass is 32.2. The average Bonchev–Trinajstić information content (AvgIpc) is 2.69. The molecule has 0 aromatic heterocycles. The fourth-order valence-electron chi connectivity index (χ4n) is 4.92. The highest BCUT2D eigenvalue weighted by molar-refractivity contribution is 7.89. The molecule has 0 aromatic carbocycles. The van der Waals surface area contributed by atoms with Gasteiger partial charge in [0, 0.05) is 51.9 Å². The minimum atomic E-state index is -3.08. The van der Waals surface area contributed by atoms with E-state index in [0.717, 1.165) is 31.8 Å². The number of rotatable bonds is 6. The van der Waals surface area contributed by atoms with E-state index in [2.05, 4.69) is 21.6 Å². The fourth-order valence-corrected chi connectivity index (χ4v) is 6.24. The summed E-state index contributed by atoms with van der Waals surface area (Å²) < 4.78 is 26.4. The molecule has 0 spiro atoms. The molecule has 3 saturated heterocycles. The summed E-state index contributed by atoms with van der Waals surface area (Å²) in [5, 5.41) is -0.304. The molecule has 3 aliphatic rings. The summed E-state index contributed by atoms with van der Waals surface area (Å²) in [6.45, 7) is 16.9. The predicted octanol–water partition coefficient (Wildman–Crippen LogP) is 1.54. The summed E-state index contributed by atoms with van der Waals surface area (Å²) in [6, 6.07) is 0.568. The predicted molar refractivity (Wildman–Crippen MR) is 112 cm³/mol. The number of nitrogens with zero attached hydrogens (tertiary/aromatic N) is 4. The normalized spacial score (nSPS) is 26.8. The maximum atomic E-state index is 12.3. The van der Waals surface area contributed by atoms with E-state index >= 15 is 0 Å². The summed E-state index contributed by atoms with van der Waals surface area (Å²) in [5.74, 6) is 0.879. The molecule has 7 heteroatoms. The zero-order chi connectivity index (χ0) is 19.4. The molecule has 3 rings (SSSR count). The highest BCUT2D eigenvalue weighted by Gasteiger charge is 2.33. The minimum Gasteiger partial charge on any atom is -0.304 e. The Morgan fingerprint density at radius 3 is 1.93 bits per heavy atom. The zero-order valence-corrected chi connectivity index (χ0v) is 18.5. The lowest BCUT2D eigenvalue weighted by Gasteiger charge is -2.43. The van der Waals surface area contributed by atoms with Crippen molar-refractivity contribution in [2.24, 2.45) is 5.92 Å². The van der Waals surface area contributed by atoms with Gasteiger partial charge in [-0.3, -0.25) is 4.90 Å². The van der Waals surface area contributed by atoms with Crippen LogP contribution in [0.4, 0.5) is 0 Å². The number of piperazine rings is 1. The minimum absolute atomic E-state index is 0.304. The van der Waals surface area contributed by atoms with Crippen molar-refractivity contribution in [1.29, 1.82) is 0 Å². The highest BCUT2D eigenvalue weighted by Crippen LogP contribution is 2.23. The Bertz CT molecular complexity index is 544. The van der Waals surface area contributed by atoms with Crippen molar-refractivity contribution in [3.63, 3.8) is 0 Å². The van der Waals surface area contributed by atoms with Gasteiger partial charge in [-0.15, -0.1) is 0 Å². The van der Waals surface area contributed by atoms with E-state index in [1.165, 1.54) is 52.1 Å². The van der Waals surface area contributed by atoms with E-state index in [4.69, 9.17) is 0 Å². The molecule has 27 heavy (non-hydrogen) atoms. The summed E-state index contributed by atoms with van der Waals surface area (Å²) in [6.07, 6.45) is 4.69. The second-order valence-corrected chi connectivity index (χ2v) is 11.4. The molecule has 3 heterocycles. The lowest BCUT2D eigenvalue weighted by atomic mass is 9.96. The molecular formula is C20H40N4O2S. The van der Waals surface area contributed by atoms with Crippen LogP contribution in [0.25, 0.3) is 0 Å². The van der Waals surface area contributed by atoms with Gasteiger partial charge in [0.2, 0.25) is 10.0 Å². The molecular weight excluding hydrogens is 360 g/mol. The maximum absolute atomic E-state index is 12.3. The maximum Gasteiger partial charge on any atom is 0.216 e. The lowest BCUT2D eigenvalue weighted by Crippen LogP contribution is -2.54. The quantitative estimate of drug-likeness (QED) is 0.677. The number of likely N-dealkylation sites (tertiary alicyclic amines) is 1. The Morgan fingerprint density at radius 2 is 1.41 bits per heavy atom. The van der Waals surface area contributed by atoms with Crippen molar-refractivity contribution in [2.45, 2.75) is 57.7 Å². The van der Waals surface area contributed by atoms with Crippen molar-refractivity contribution in [2.75, 3.05) is 65.4 Å².